The maximum absolute atomic E-state index is 9.65. The van der Waals surface area contributed by atoms with Crippen LogP contribution in [0, 0.1) is 5.92 Å². The molecular weight excluding hydrogens is 152 g/mol. The van der Waals surface area contributed by atoms with Crippen LogP contribution in [-0.4, -0.2) is 22.4 Å². The van der Waals surface area contributed by atoms with Gasteiger partial charge in [0.2, 0.25) is 0 Å². The lowest BCUT2D eigenvalue weighted by atomic mass is 9.77. The molecule has 0 aromatic heterocycles. The molecule has 1 fully saturated rings. The van der Waals surface area contributed by atoms with Crippen molar-refractivity contribution in [2.24, 2.45) is 5.92 Å². The Hall–Kier alpha value is -0.340. The van der Waals surface area contributed by atoms with Crippen LogP contribution in [0.15, 0.2) is 12.2 Å². The maximum Gasteiger partial charge on any atom is 0.0641 e. The Balaban J connectivity index is 2.41. The first kappa shape index (κ1) is 9.75. The molecule has 0 radical (unpaired) electrons. The van der Waals surface area contributed by atoms with Crippen LogP contribution in [0.3, 0.4) is 0 Å². The lowest BCUT2D eigenvalue weighted by molar-refractivity contribution is 0.0115. The Morgan fingerprint density at radius 2 is 2.00 bits per heavy atom. The average molecular weight is 170 g/mol. The van der Waals surface area contributed by atoms with Crippen molar-refractivity contribution in [3.63, 3.8) is 0 Å². The first-order valence-corrected chi connectivity index (χ1v) is 4.56. The van der Waals surface area contributed by atoms with Crippen LogP contribution in [-0.2, 0) is 0 Å². The van der Waals surface area contributed by atoms with Gasteiger partial charge < -0.3 is 10.2 Å². The van der Waals surface area contributed by atoms with Gasteiger partial charge in [-0.3, -0.25) is 0 Å². The van der Waals surface area contributed by atoms with Crippen molar-refractivity contribution >= 4 is 0 Å². The molecule has 70 valence electrons. The van der Waals surface area contributed by atoms with E-state index in [0.29, 0.717) is 5.92 Å². The van der Waals surface area contributed by atoms with Crippen molar-refractivity contribution in [2.75, 3.05) is 6.61 Å². The monoisotopic (exact) mass is 170 g/mol. The molecule has 0 aromatic rings. The molecule has 0 heterocycles. The summed E-state index contributed by atoms with van der Waals surface area (Å²) in [6.07, 6.45) is 3.59. The minimum atomic E-state index is -0.480. The van der Waals surface area contributed by atoms with Gasteiger partial charge in [0.1, 0.15) is 0 Å². The molecule has 0 bridgehead atoms. The van der Waals surface area contributed by atoms with Gasteiger partial charge in [-0.2, -0.15) is 0 Å². The van der Waals surface area contributed by atoms with E-state index in [1.54, 1.807) is 0 Å². The van der Waals surface area contributed by atoms with Crippen LogP contribution in [0.4, 0.5) is 0 Å². The van der Waals surface area contributed by atoms with E-state index in [9.17, 15) is 5.11 Å². The van der Waals surface area contributed by atoms with Crippen LogP contribution in [0.1, 0.15) is 32.6 Å². The number of aliphatic hydroxyl groups excluding tert-OH is 1. The molecular formula is C10H18O2. The molecule has 12 heavy (non-hydrogen) atoms. The van der Waals surface area contributed by atoms with E-state index >= 15 is 0 Å². The second-order valence-electron chi connectivity index (χ2n) is 4.09. The van der Waals surface area contributed by atoms with Crippen molar-refractivity contribution in [1.82, 2.24) is 0 Å². The summed E-state index contributed by atoms with van der Waals surface area (Å²) in [5, 5.41) is 18.5. The molecule has 0 atom stereocenters. The zero-order valence-electron chi connectivity index (χ0n) is 7.71. The fraction of sp³-hybridized carbons (Fsp3) is 0.800. The first-order valence-electron chi connectivity index (χ1n) is 4.56. The summed E-state index contributed by atoms with van der Waals surface area (Å²) >= 11 is 0. The molecule has 2 nitrogen and oxygen atoms in total. The maximum atomic E-state index is 9.65. The van der Waals surface area contributed by atoms with E-state index in [2.05, 4.69) is 6.58 Å². The highest BCUT2D eigenvalue weighted by molar-refractivity contribution is 5.03. The van der Waals surface area contributed by atoms with E-state index in [1.165, 1.54) is 0 Å². The van der Waals surface area contributed by atoms with E-state index < -0.39 is 5.60 Å². The Morgan fingerprint density at radius 1 is 1.50 bits per heavy atom. The Labute approximate surface area is 73.9 Å². The quantitative estimate of drug-likeness (QED) is 0.616. The number of aliphatic hydroxyl groups is 2. The van der Waals surface area contributed by atoms with Crippen LogP contribution in [0.25, 0.3) is 0 Å². The zero-order chi connectivity index (χ0) is 9.19. The summed E-state index contributed by atoms with van der Waals surface area (Å²) in [7, 11) is 0. The summed E-state index contributed by atoms with van der Waals surface area (Å²) in [5.41, 5.74) is 0.442. The molecule has 0 saturated heterocycles. The van der Waals surface area contributed by atoms with Crippen LogP contribution >= 0.6 is 0 Å². The van der Waals surface area contributed by atoms with Crippen LogP contribution < -0.4 is 0 Å². The van der Waals surface area contributed by atoms with E-state index in [-0.39, 0.29) is 6.61 Å². The van der Waals surface area contributed by atoms with Gasteiger partial charge in [0.15, 0.2) is 0 Å². The normalized spacial score (nSPS) is 36.4. The summed E-state index contributed by atoms with van der Waals surface area (Å²) in [6, 6.07) is 0. The SMILES string of the molecule is C=C(CO)C1CCC(C)(O)CC1. The van der Waals surface area contributed by atoms with E-state index in [0.717, 1.165) is 31.3 Å². The van der Waals surface area contributed by atoms with Gasteiger partial charge in [-0.05, 0) is 44.1 Å². The van der Waals surface area contributed by atoms with Crippen molar-refractivity contribution in [3.8, 4) is 0 Å². The number of hydrogen-bond acceptors (Lipinski definition) is 2. The first-order chi connectivity index (χ1) is 5.55. The van der Waals surface area contributed by atoms with Crippen molar-refractivity contribution in [3.05, 3.63) is 12.2 Å². The van der Waals surface area contributed by atoms with Gasteiger partial charge in [-0.25, -0.2) is 0 Å². The van der Waals surface area contributed by atoms with E-state index in [4.69, 9.17) is 5.11 Å². The standard InChI is InChI=1S/C10H18O2/c1-8(7-11)9-3-5-10(2,12)6-4-9/h9,11-12H,1,3-7H2,2H3. The van der Waals surface area contributed by atoms with Crippen LogP contribution in [0.5, 0.6) is 0 Å². The summed E-state index contributed by atoms with van der Waals surface area (Å²) < 4.78 is 0. The molecule has 2 N–H and O–H groups in total. The van der Waals surface area contributed by atoms with Crippen molar-refractivity contribution in [1.29, 1.82) is 0 Å². The molecule has 1 saturated carbocycles. The highest BCUT2D eigenvalue weighted by Crippen LogP contribution is 2.34. The second-order valence-corrected chi connectivity index (χ2v) is 4.09. The molecule has 0 aromatic carbocycles. The highest BCUT2D eigenvalue weighted by atomic mass is 16.3. The Morgan fingerprint density at radius 3 is 2.42 bits per heavy atom. The van der Waals surface area contributed by atoms with Gasteiger partial charge in [0.05, 0.1) is 12.2 Å². The number of hydrogen-bond donors (Lipinski definition) is 2. The predicted molar refractivity (Wildman–Crippen MR) is 48.8 cm³/mol. The fourth-order valence-electron chi connectivity index (χ4n) is 1.78. The van der Waals surface area contributed by atoms with Crippen LogP contribution in [0.2, 0.25) is 0 Å². The van der Waals surface area contributed by atoms with Gasteiger partial charge >= 0.3 is 0 Å². The zero-order valence-corrected chi connectivity index (χ0v) is 7.71. The molecule has 0 spiro atoms. The largest absolute Gasteiger partial charge is 0.392 e. The molecule has 0 amide bonds. The van der Waals surface area contributed by atoms with E-state index in [1.807, 2.05) is 6.92 Å². The van der Waals surface area contributed by atoms with Gasteiger partial charge in [0.25, 0.3) is 0 Å². The molecule has 1 aliphatic carbocycles. The smallest absolute Gasteiger partial charge is 0.0641 e. The Bertz CT molecular complexity index is 163. The molecule has 1 aliphatic rings. The van der Waals surface area contributed by atoms with Gasteiger partial charge in [-0.15, -0.1) is 0 Å². The second kappa shape index (κ2) is 3.58. The summed E-state index contributed by atoms with van der Waals surface area (Å²) in [6.45, 7) is 5.78. The summed E-state index contributed by atoms with van der Waals surface area (Å²) in [5.74, 6) is 0.426. The molecule has 0 unspecified atom stereocenters. The highest BCUT2D eigenvalue weighted by Gasteiger charge is 2.29. The van der Waals surface area contributed by atoms with Gasteiger partial charge in [0, 0.05) is 0 Å². The molecule has 1 rings (SSSR count). The molecule has 2 heteroatoms. The minimum Gasteiger partial charge on any atom is -0.392 e. The molecule has 0 aliphatic heterocycles. The third-order valence-corrected chi connectivity index (χ3v) is 2.84. The number of rotatable bonds is 2. The lowest BCUT2D eigenvalue weighted by Crippen LogP contribution is -2.31. The lowest BCUT2D eigenvalue weighted by Gasteiger charge is -2.33. The third-order valence-electron chi connectivity index (χ3n) is 2.84. The minimum absolute atomic E-state index is 0.0901. The topological polar surface area (TPSA) is 40.5 Å². The van der Waals surface area contributed by atoms with Crippen molar-refractivity contribution in [2.45, 2.75) is 38.2 Å². The fourth-order valence-corrected chi connectivity index (χ4v) is 1.78. The Kier molecular flexibility index (Phi) is 2.91. The summed E-state index contributed by atoms with van der Waals surface area (Å²) in [4.78, 5) is 0. The third kappa shape index (κ3) is 2.32. The predicted octanol–water partition coefficient (Wildman–Crippen LogP) is 1.48. The van der Waals surface area contributed by atoms with Gasteiger partial charge in [-0.1, -0.05) is 6.58 Å². The average Bonchev–Trinajstić information content (AvgIpc) is 2.03. The van der Waals surface area contributed by atoms with Crippen molar-refractivity contribution < 1.29 is 10.2 Å².